The van der Waals surface area contributed by atoms with E-state index in [0.29, 0.717) is 10.7 Å². The molecule has 0 unspecified atom stereocenters. The van der Waals surface area contributed by atoms with Gasteiger partial charge in [0.1, 0.15) is 5.76 Å². The Hall–Kier alpha value is -1.61. The molecule has 0 spiro atoms. The Morgan fingerprint density at radius 2 is 2.19 bits per heavy atom. The third-order valence-corrected chi connectivity index (χ3v) is 2.57. The van der Waals surface area contributed by atoms with E-state index >= 15 is 0 Å². The van der Waals surface area contributed by atoms with Crippen molar-refractivity contribution in [3.63, 3.8) is 0 Å². The van der Waals surface area contributed by atoms with Gasteiger partial charge >= 0.3 is 0 Å². The zero-order valence-electron chi connectivity index (χ0n) is 8.74. The predicted molar refractivity (Wildman–Crippen MR) is 66.8 cm³/mol. The molecule has 1 aromatic carbocycles. The maximum atomic E-state index is 6.02. The Bertz CT molecular complexity index is 454. The van der Waals surface area contributed by atoms with Crippen LogP contribution < -0.4 is 11.1 Å². The summed E-state index contributed by atoms with van der Waals surface area (Å²) in [5, 5.41) is 3.87. The highest BCUT2D eigenvalue weighted by Crippen LogP contribution is 2.23. The number of furan rings is 1. The van der Waals surface area contributed by atoms with Crippen LogP contribution in [0.25, 0.3) is 0 Å². The van der Waals surface area contributed by atoms with Crippen LogP contribution in [0.2, 0.25) is 5.02 Å². The molecule has 0 atom stereocenters. The fourth-order valence-corrected chi connectivity index (χ4v) is 1.71. The zero-order chi connectivity index (χ0) is 11.4. The van der Waals surface area contributed by atoms with E-state index in [9.17, 15) is 0 Å². The van der Waals surface area contributed by atoms with Crippen molar-refractivity contribution in [2.24, 2.45) is 0 Å². The standard InChI is InChI=1S/C12H13ClN2O/c13-11-8-9(14)3-4-12(11)15-6-5-10-2-1-7-16-10/h1-4,7-8,15H,5-6,14H2. The molecule has 0 fully saturated rings. The summed E-state index contributed by atoms with van der Waals surface area (Å²) < 4.78 is 5.23. The molecule has 3 nitrogen and oxygen atoms in total. The van der Waals surface area contributed by atoms with Crippen LogP contribution in [-0.2, 0) is 6.42 Å². The van der Waals surface area contributed by atoms with Crippen molar-refractivity contribution in [2.45, 2.75) is 6.42 Å². The van der Waals surface area contributed by atoms with Crippen molar-refractivity contribution in [3.8, 4) is 0 Å². The first-order valence-corrected chi connectivity index (χ1v) is 5.45. The monoisotopic (exact) mass is 236 g/mol. The molecule has 16 heavy (non-hydrogen) atoms. The molecule has 0 aliphatic heterocycles. The topological polar surface area (TPSA) is 51.2 Å². The Morgan fingerprint density at radius 1 is 1.31 bits per heavy atom. The number of nitrogen functional groups attached to an aromatic ring is 1. The van der Waals surface area contributed by atoms with Gasteiger partial charge in [0, 0.05) is 18.7 Å². The Kier molecular flexibility index (Phi) is 3.37. The molecule has 0 bridgehead atoms. The minimum absolute atomic E-state index is 0.638. The average Bonchev–Trinajstić information content (AvgIpc) is 2.74. The van der Waals surface area contributed by atoms with E-state index in [1.807, 2.05) is 24.3 Å². The minimum Gasteiger partial charge on any atom is -0.469 e. The number of nitrogens with one attached hydrogen (secondary N) is 1. The predicted octanol–water partition coefficient (Wildman–Crippen LogP) is 3.17. The highest BCUT2D eigenvalue weighted by atomic mass is 35.5. The molecule has 0 radical (unpaired) electrons. The third-order valence-electron chi connectivity index (χ3n) is 2.26. The van der Waals surface area contributed by atoms with E-state index in [0.717, 1.165) is 24.4 Å². The molecule has 4 heteroatoms. The summed E-state index contributed by atoms with van der Waals surface area (Å²) in [7, 11) is 0. The van der Waals surface area contributed by atoms with Crippen LogP contribution in [0.5, 0.6) is 0 Å². The van der Waals surface area contributed by atoms with Gasteiger partial charge in [-0.3, -0.25) is 0 Å². The van der Waals surface area contributed by atoms with Crippen molar-refractivity contribution in [3.05, 3.63) is 47.4 Å². The summed E-state index contributed by atoms with van der Waals surface area (Å²) >= 11 is 6.02. The number of benzene rings is 1. The largest absolute Gasteiger partial charge is 0.469 e. The van der Waals surface area contributed by atoms with Crippen LogP contribution in [0.15, 0.2) is 41.0 Å². The molecular formula is C12H13ClN2O. The van der Waals surface area contributed by atoms with Gasteiger partial charge in [-0.05, 0) is 30.3 Å². The van der Waals surface area contributed by atoms with Crippen LogP contribution >= 0.6 is 11.6 Å². The Labute approximate surface area is 99.2 Å². The van der Waals surface area contributed by atoms with Crippen molar-refractivity contribution < 1.29 is 4.42 Å². The molecule has 0 saturated carbocycles. The number of hydrogen-bond acceptors (Lipinski definition) is 3. The molecule has 1 aromatic heterocycles. The smallest absolute Gasteiger partial charge is 0.105 e. The fourth-order valence-electron chi connectivity index (χ4n) is 1.45. The van der Waals surface area contributed by atoms with E-state index in [1.165, 1.54) is 0 Å². The number of halogens is 1. The fraction of sp³-hybridized carbons (Fsp3) is 0.167. The first-order valence-electron chi connectivity index (χ1n) is 5.07. The van der Waals surface area contributed by atoms with E-state index in [2.05, 4.69) is 5.32 Å². The second kappa shape index (κ2) is 4.94. The first-order chi connectivity index (χ1) is 7.75. The SMILES string of the molecule is Nc1ccc(NCCc2ccco2)c(Cl)c1. The van der Waals surface area contributed by atoms with Crippen LogP contribution in [-0.4, -0.2) is 6.54 Å². The molecule has 0 amide bonds. The molecule has 3 N–H and O–H groups in total. The average molecular weight is 237 g/mol. The molecule has 0 aliphatic rings. The van der Waals surface area contributed by atoms with Gasteiger partial charge in [0.2, 0.25) is 0 Å². The molecule has 1 heterocycles. The summed E-state index contributed by atoms with van der Waals surface area (Å²) in [6.45, 7) is 0.775. The maximum absolute atomic E-state index is 6.02. The van der Waals surface area contributed by atoms with Gasteiger partial charge < -0.3 is 15.5 Å². The maximum Gasteiger partial charge on any atom is 0.105 e. The molecule has 0 aliphatic carbocycles. The van der Waals surface area contributed by atoms with Crippen LogP contribution in [0.1, 0.15) is 5.76 Å². The Morgan fingerprint density at radius 3 is 2.88 bits per heavy atom. The molecule has 2 aromatic rings. The summed E-state index contributed by atoms with van der Waals surface area (Å²) in [5.41, 5.74) is 7.17. The second-order valence-electron chi connectivity index (χ2n) is 3.50. The zero-order valence-corrected chi connectivity index (χ0v) is 9.50. The highest BCUT2D eigenvalue weighted by molar-refractivity contribution is 6.33. The van der Waals surface area contributed by atoms with E-state index in [1.54, 1.807) is 12.3 Å². The van der Waals surface area contributed by atoms with Gasteiger partial charge in [-0.1, -0.05) is 11.6 Å². The molecule has 84 valence electrons. The quantitative estimate of drug-likeness (QED) is 0.802. The first kappa shape index (κ1) is 10.9. The number of hydrogen-bond donors (Lipinski definition) is 2. The number of anilines is 2. The van der Waals surface area contributed by atoms with E-state index < -0.39 is 0 Å². The summed E-state index contributed by atoms with van der Waals surface area (Å²) in [5.74, 6) is 0.957. The van der Waals surface area contributed by atoms with Crippen molar-refractivity contribution in [1.82, 2.24) is 0 Å². The van der Waals surface area contributed by atoms with Crippen molar-refractivity contribution in [2.75, 3.05) is 17.6 Å². The molecular weight excluding hydrogens is 224 g/mol. The van der Waals surface area contributed by atoms with Gasteiger partial charge in [0.25, 0.3) is 0 Å². The van der Waals surface area contributed by atoms with Gasteiger partial charge in [-0.15, -0.1) is 0 Å². The normalized spacial score (nSPS) is 10.3. The van der Waals surface area contributed by atoms with Crippen LogP contribution in [0, 0.1) is 0 Å². The summed E-state index contributed by atoms with van der Waals surface area (Å²) in [6.07, 6.45) is 2.50. The highest BCUT2D eigenvalue weighted by Gasteiger charge is 2.00. The lowest BCUT2D eigenvalue weighted by molar-refractivity contribution is 0.513. The van der Waals surface area contributed by atoms with Gasteiger partial charge in [-0.2, -0.15) is 0 Å². The summed E-state index contributed by atoms with van der Waals surface area (Å²) in [6, 6.07) is 9.26. The Balaban J connectivity index is 1.90. The lowest BCUT2D eigenvalue weighted by atomic mass is 10.2. The number of rotatable bonds is 4. The minimum atomic E-state index is 0.638. The molecule has 2 rings (SSSR count). The van der Waals surface area contributed by atoms with Crippen molar-refractivity contribution >= 4 is 23.0 Å². The van der Waals surface area contributed by atoms with E-state index in [-0.39, 0.29) is 0 Å². The van der Waals surface area contributed by atoms with Crippen LogP contribution in [0.3, 0.4) is 0 Å². The lowest BCUT2D eigenvalue weighted by Crippen LogP contribution is -2.04. The van der Waals surface area contributed by atoms with Crippen LogP contribution in [0.4, 0.5) is 11.4 Å². The molecule has 0 saturated heterocycles. The van der Waals surface area contributed by atoms with Gasteiger partial charge in [0.05, 0.1) is 17.0 Å². The van der Waals surface area contributed by atoms with E-state index in [4.69, 9.17) is 21.8 Å². The number of nitrogens with two attached hydrogens (primary N) is 1. The van der Waals surface area contributed by atoms with Crippen molar-refractivity contribution in [1.29, 1.82) is 0 Å². The van der Waals surface area contributed by atoms with Gasteiger partial charge in [-0.25, -0.2) is 0 Å². The lowest BCUT2D eigenvalue weighted by Gasteiger charge is -2.07. The summed E-state index contributed by atoms with van der Waals surface area (Å²) in [4.78, 5) is 0. The van der Waals surface area contributed by atoms with Gasteiger partial charge in [0.15, 0.2) is 0 Å². The second-order valence-corrected chi connectivity index (χ2v) is 3.90. The third kappa shape index (κ3) is 2.70.